The Labute approximate surface area is 154 Å². The molecular formula is C19H18BrFN2O2. The fourth-order valence-corrected chi connectivity index (χ4v) is 3.02. The first-order chi connectivity index (χ1) is 12.1. The lowest BCUT2D eigenvalue weighted by Gasteiger charge is -2.29. The number of hydrogen-bond acceptors (Lipinski definition) is 3. The Bertz CT molecular complexity index is 789. The molecule has 4 nitrogen and oxygen atoms in total. The summed E-state index contributed by atoms with van der Waals surface area (Å²) >= 11 is 3.42. The summed E-state index contributed by atoms with van der Waals surface area (Å²) < 4.78 is 20.5. The van der Waals surface area contributed by atoms with Crippen LogP contribution in [0.25, 0.3) is 6.08 Å². The maximum Gasteiger partial charge on any atom is 0.248 e. The molecule has 6 heteroatoms. The summed E-state index contributed by atoms with van der Waals surface area (Å²) in [5.74, 6) is -0.663. The van der Waals surface area contributed by atoms with Crippen molar-refractivity contribution in [1.29, 1.82) is 0 Å². The number of hydrogen-bond donors (Lipinski definition) is 1. The van der Waals surface area contributed by atoms with Gasteiger partial charge in [0.15, 0.2) is 0 Å². The maximum atomic E-state index is 14.3. The molecule has 130 valence electrons. The lowest BCUT2D eigenvalue weighted by Crippen LogP contribution is -2.36. The van der Waals surface area contributed by atoms with Crippen molar-refractivity contribution in [3.05, 3.63) is 64.4 Å². The fraction of sp³-hybridized carbons (Fsp3) is 0.211. The lowest BCUT2D eigenvalue weighted by atomic mass is 10.2. The first-order valence-corrected chi connectivity index (χ1v) is 8.78. The Hall–Kier alpha value is -2.18. The zero-order valence-electron chi connectivity index (χ0n) is 13.5. The first kappa shape index (κ1) is 17.6. The van der Waals surface area contributed by atoms with Crippen molar-refractivity contribution in [3.8, 4) is 0 Å². The van der Waals surface area contributed by atoms with E-state index in [-0.39, 0.29) is 11.7 Å². The SMILES string of the molecule is O=C(/C=C/c1ccccc1Br)Nc1ccc(N2CCOCC2)c(F)c1. The van der Waals surface area contributed by atoms with Crippen molar-refractivity contribution in [2.45, 2.75) is 0 Å². The standard InChI is InChI=1S/C19H18BrFN2O2/c20-16-4-2-1-3-14(16)5-8-19(24)22-15-6-7-18(17(21)13-15)23-9-11-25-12-10-23/h1-8,13H,9-12H2,(H,22,24)/b8-5+. The third-order valence-corrected chi connectivity index (χ3v) is 4.61. The summed E-state index contributed by atoms with van der Waals surface area (Å²) in [6.45, 7) is 2.52. The van der Waals surface area contributed by atoms with E-state index in [1.54, 1.807) is 18.2 Å². The number of carbonyl (C=O) groups excluding carboxylic acids is 1. The van der Waals surface area contributed by atoms with E-state index in [1.165, 1.54) is 12.1 Å². The average molecular weight is 405 g/mol. The number of anilines is 2. The quantitative estimate of drug-likeness (QED) is 0.780. The molecule has 0 saturated carbocycles. The molecule has 2 aromatic carbocycles. The van der Waals surface area contributed by atoms with Gasteiger partial charge in [0.1, 0.15) is 5.82 Å². The third-order valence-electron chi connectivity index (χ3n) is 3.89. The Morgan fingerprint density at radius 2 is 1.96 bits per heavy atom. The molecule has 1 fully saturated rings. The minimum Gasteiger partial charge on any atom is -0.378 e. The van der Waals surface area contributed by atoms with E-state index in [0.717, 1.165) is 10.0 Å². The van der Waals surface area contributed by atoms with Crippen LogP contribution >= 0.6 is 15.9 Å². The Balaban J connectivity index is 1.65. The highest BCUT2D eigenvalue weighted by Gasteiger charge is 2.15. The smallest absolute Gasteiger partial charge is 0.248 e. The van der Waals surface area contributed by atoms with E-state index in [1.807, 2.05) is 29.2 Å². The molecule has 1 amide bonds. The molecule has 0 atom stereocenters. The van der Waals surface area contributed by atoms with Crippen LogP contribution < -0.4 is 10.2 Å². The zero-order valence-corrected chi connectivity index (χ0v) is 15.1. The van der Waals surface area contributed by atoms with Crippen molar-refractivity contribution in [2.24, 2.45) is 0 Å². The molecule has 0 bridgehead atoms. The molecule has 0 spiro atoms. The van der Waals surface area contributed by atoms with Gasteiger partial charge in [-0.2, -0.15) is 0 Å². The first-order valence-electron chi connectivity index (χ1n) is 7.99. The summed E-state index contributed by atoms with van der Waals surface area (Å²) in [5, 5.41) is 2.68. The largest absolute Gasteiger partial charge is 0.378 e. The molecule has 0 aliphatic carbocycles. The summed E-state index contributed by atoms with van der Waals surface area (Å²) in [5.41, 5.74) is 1.85. The lowest BCUT2D eigenvalue weighted by molar-refractivity contribution is -0.111. The second-order valence-corrected chi connectivity index (χ2v) is 6.46. The number of carbonyl (C=O) groups is 1. The van der Waals surface area contributed by atoms with Gasteiger partial charge in [-0.3, -0.25) is 4.79 Å². The van der Waals surface area contributed by atoms with Crippen molar-refractivity contribution >= 4 is 39.3 Å². The number of nitrogens with zero attached hydrogens (tertiary/aromatic N) is 1. The number of morpholine rings is 1. The molecule has 2 aromatic rings. The number of halogens is 2. The molecule has 0 aromatic heterocycles. The second kappa shape index (κ2) is 8.27. The molecule has 1 aliphatic heterocycles. The van der Waals surface area contributed by atoms with Crippen molar-refractivity contribution in [2.75, 3.05) is 36.5 Å². The number of benzene rings is 2. The average Bonchev–Trinajstić information content (AvgIpc) is 2.62. The van der Waals surface area contributed by atoms with Crippen LogP contribution in [0, 0.1) is 5.82 Å². The van der Waals surface area contributed by atoms with Gasteiger partial charge in [-0.1, -0.05) is 34.1 Å². The molecule has 1 N–H and O–H groups in total. The normalized spacial score (nSPS) is 14.7. The van der Waals surface area contributed by atoms with Crippen LogP contribution in [0.4, 0.5) is 15.8 Å². The topological polar surface area (TPSA) is 41.6 Å². The van der Waals surface area contributed by atoms with Gasteiger partial charge in [-0.15, -0.1) is 0 Å². The third kappa shape index (κ3) is 4.67. The molecule has 1 heterocycles. The van der Waals surface area contributed by atoms with Crippen LogP contribution in [0.15, 0.2) is 53.0 Å². The predicted octanol–water partition coefficient (Wildman–Crippen LogP) is 4.08. The van der Waals surface area contributed by atoms with E-state index in [2.05, 4.69) is 21.2 Å². The van der Waals surface area contributed by atoms with Gasteiger partial charge in [0.2, 0.25) is 5.91 Å². The number of ether oxygens (including phenoxy) is 1. The van der Waals surface area contributed by atoms with Gasteiger partial charge in [-0.05, 0) is 35.9 Å². The van der Waals surface area contributed by atoms with Crippen LogP contribution in [0.5, 0.6) is 0 Å². The fourth-order valence-electron chi connectivity index (χ4n) is 2.61. The summed E-state index contributed by atoms with van der Waals surface area (Å²) in [6.07, 6.45) is 3.13. The second-order valence-electron chi connectivity index (χ2n) is 5.61. The molecule has 0 radical (unpaired) electrons. The molecule has 1 aliphatic rings. The summed E-state index contributed by atoms with van der Waals surface area (Å²) in [4.78, 5) is 14.0. The minimum atomic E-state index is -0.352. The zero-order chi connectivity index (χ0) is 17.6. The van der Waals surface area contributed by atoms with E-state index in [4.69, 9.17) is 4.74 Å². The molecule has 1 saturated heterocycles. The van der Waals surface area contributed by atoms with Crippen LogP contribution in [0.1, 0.15) is 5.56 Å². The highest BCUT2D eigenvalue weighted by atomic mass is 79.9. The van der Waals surface area contributed by atoms with Gasteiger partial charge in [0, 0.05) is 29.3 Å². The number of nitrogens with one attached hydrogen (secondary N) is 1. The molecule has 0 unspecified atom stereocenters. The molecular weight excluding hydrogens is 387 g/mol. The van der Waals surface area contributed by atoms with Crippen molar-refractivity contribution in [3.63, 3.8) is 0 Å². The van der Waals surface area contributed by atoms with E-state index >= 15 is 0 Å². The number of amides is 1. The Kier molecular flexibility index (Phi) is 5.83. The van der Waals surface area contributed by atoms with E-state index < -0.39 is 0 Å². The van der Waals surface area contributed by atoms with Gasteiger partial charge in [0.25, 0.3) is 0 Å². The molecule has 25 heavy (non-hydrogen) atoms. The van der Waals surface area contributed by atoms with Crippen LogP contribution in [-0.2, 0) is 9.53 Å². The van der Waals surface area contributed by atoms with E-state index in [0.29, 0.717) is 37.7 Å². The van der Waals surface area contributed by atoms with Gasteiger partial charge >= 0.3 is 0 Å². The van der Waals surface area contributed by atoms with Crippen molar-refractivity contribution < 1.29 is 13.9 Å². The Morgan fingerprint density at radius 3 is 2.68 bits per heavy atom. The minimum absolute atomic E-state index is 0.311. The highest BCUT2D eigenvalue weighted by Crippen LogP contribution is 2.24. The van der Waals surface area contributed by atoms with E-state index in [9.17, 15) is 9.18 Å². The van der Waals surface area contributed by atoms with Gasteiger partial charge in [0.05, 0.1) is 18.9 Å². The Morgan fingerprint density at radius 1 is 1.20 bits per heavy atom. The van der Waals surface area contributed by atoms with Crippen LogP contribution in [-0.4, -0.2) is 32.2 Å². The van der Waals surface area contributed by atoms with Crippen LogP contribution in [0.3, 0.4) is 0 Å². The molecule has 3 rings (SSSR count). The predicted molar refractivity (Wildman–Crippen MR) is 101 cm³/mol. The number of rotatable bonds is 4. The highest BCUT2D eigenvalue weighted by molar-refractivity contribution is 9.10. The maximum absolute atomic E-state index is 14.3. The van der Waals surface area contributed by atoms with Gasteiger partial charge in [-0.25, -0.2) is 4.39 Å². The summed E-state index contributed by atoms with van der Waals surface area (Å²) in [7, 11) is 0. The van der Waals surface area contributed by atoms with Gasteiger partial charge < -0.3 is 15.0 Å². The van der Waals surface area contributed by atoms with Crippen molar-refractivity contribution in [1.82, 2.24) is 0 Å². The summed E-state index contributed by atoms with van der Waals surface area (Å²) in [6, 6.07) is 12.3. The monoisotopic (exact) mass is 404 g/mol. The van der Waals surface area contributed by atoms with Crippen LogP contribution in [0.2, 0.25) is 0 Å².